The summed E-state index contributed by atoms with van der Waals surface area (Å²) in [7, 11) is 0. The summed E-state index contributed by atoms with van der Waals surface area (Å²) in [6.07, 6.45) is 4.88. The second-order valence-electron chi connectivity index (χ2n) is 5.29. The summed E-state index contributed by atoms with van der Waals surface area (Å²) in [6.45, 7) is 2.59. The normalized spacial score (nSPS) is 16.7. The first-order valence-corrected chi connectivity index (χ1v) is 8.20. The first-order chi connectivity index (χ1) is 10.1. The quantitative estimate of drug-likeness (QED) is 0.818. The van der Waals surface area contributed by atoms with E-state index in [1.165, 1.54) is 30.6 Å². The Kier molecular flexibility index (Phi) is 6.45. The van der Waals surface area contributed by atoms with Crippen LogP contribution in [0.25, 0.3) is 0 Å². The van der Waals surface area contributed by atoms with Crippen LogP contribution in [0.3, 0.4) is 0 Å². The van der Waals surface area contributed by atoms with Crippen LogP contribution < -0.4 is 10.2 Å². The number of hydrogen-bond acceptors (Lipinski definition) is 2. The number of halogens is 2. The summed E-state index contributed by atoms with van der Waals surface area (Å²) in [5, 5.41) is 2.83. The maximum Gasteiger partial charge on any atom is 0.288 e. The van der Waals surface area contributed by atoms with E-state index in [0.717, 1.165) is 13.1 Å². The van der Waals surface area contributed by atoms with Crippen LogP contribution in [-0.2, 0) is 4.79 Å². The second kappa shape index (κ2) is 8.34. The standard InChI is InChI=1S/C15H20F2N2OS/c16-15(17)21-13-7-5-12(6-8-13)18-14(20)11-19-9-3-1-2-4-10-19/h5-8,15H,1-4,9-11H2,(H,18,20)/p+1. The molecule has 3 nitrogen and oxygen atoms in total. The number of rotatable bonds is 5. The fourth-order valence-electron chi connectivity index (χ4n) is 2.56. The molecule has 2 rings (SSSR count). The van der Waals surface area contributed by atoms with Crippen LogP contribution in [0.15, 0.2) is 29.2 Å². The Morgan fingerprint density at radius 2 is 1.76 bits per heavy atom. The lowest BCUT2D eigenvalue weighted by Crippen LogP contribution is -3.12. The van der Waals surface area contributed by atoms with Gasteiger partial charge in [0.05, 0.1) is 13.1 Å². The molecule has 1 aliphatic rings. The van der Waals surface area contributed by atoms with Gasteiger partial charge < -0.3 is 10.2 Å². The Hall–Kier alpha value is -1.14. The van der Waals surface area contributed by atoms with Crippen molar-refractivity contribution < 1.29 is 18.5 Å². The molecule has 1 aromatic carbocycles. The highest BCUT2D eigenvalue weighted by molar-refractivity contribution is 7.99. The van der Waals surface area contributed by atoms with Gasteiger partial charge in [-0.1, -0.05) is 11.8 Å². The van der Waals surface area contributed by atoms with Crippen LogP contribution >= 0.6 is 11.8 Å². The molecule has 1 aromatic rings. The largest absolute Gasteiger partial charge is 0.327 e. The summed E-state index contributed by atoms with van der Waals surface area (Å²) in [5.41, 5.74) is 0.660. The van der Waals surface area contributed by atoms with Crippen LogP contribution in [0.5, 0.6) is 0 Å². The number of carbonyl (C=O) groups is 1. The zero-order chi connectivity index (χ0) is 15.1. The molecule has 2 N–H and O–H groups in total. The van der Waals surface area contributed by atoms with Crippen LogP contribution in [0.1, 0.15) is 25.7 Å². The summed E-state index contributed by atoms with van der Waals surface area (Å²) in [5.74, 6) is -2.43. The molecule has 1 aliphatic heterocycles. The number of benzene rings is 1. The zero-order valence-corrected chi connectivity index (χ0v) is 12.7. The highest BCUT2D eigenvalue weighted by atomic mass is 32.2. The average molecular weight is 315 g/mol. The van der Waals surface area contributed by atoms with Gasteiger partial charge in [-0.15, -0.1) is 0 Å². The van der Waals surface area contributed by atoms with E-state index in [1.54, 1.807) is 24.3 Å². The first kappa shape index (κ1) is 16.2. The maximum absolute atomic E-state index is 12.2. The fraction of sp³-hybridized carbons (Fsp3) is 0.533. The van der Waals surface area contributed by atoms with Crippen LogP contribution in [0, 0.1) is 0 Å². The van der Waals surface area contributed by atoms with E-state index in [9.17, 15) is 13.6 Å². The molecule has 0 bridgehead atoms. The van der Waals surface area contributed by atoms with Gasteiger partial charge in [0.2, 0.25) is 0 Å². The van der Waals surface area contributed by atoms with E-state index in [2.05, 4.69) is 5.32 Å². The number of carbonyl (C=O) groups excluding carboxylic acids is 1. The second-order valence-corrected chi connectivity index (χ2v) is 6.36. The Labute approximate surface area is 128 Å². The summed E-state index contributed by atoms with van der Waals surface area (Å²) in [6, 6.07) is 6.54. The molecule has 1 saturated heterocycles. The van der Waals surface area contributed by atoms with E-state index < -0.39 is 5.76 Å². The molecule has 0 saturated carbocycles. The molecule has 0 spiro atoms. The van der Waals surface area contributed by atoms with Crippen molar-refractivity contribution in [2.75, 3.05) is 25.0 Å². The van der Waals surface area contributed by atoms with E-state index in [-0.39, 0.29) is 5.91 Å². The third-order valence-corrected chi connectivity index (χ3v) is 4.31. The molecule has 0 aromatic heterocycles. The van der Waals surface area contributed by atoms with Gasteiger partial charge in [0, 0.05) is 10.6 Å². The Bertz CT molecular complexity index is 445. The van der Waals surface area contributed by atoms with Gasteiger partial charge in [0.25, 0.3) is 11.7 Å². The minimum absolute atomic E-state index is 0.0128. The highest BCUT2D eigenvalue weighted by Gasteiger charge is 2.16. The molecular formula is C15H21F2N2OS+. The molecule has 116 valence electrons. The van der Waals surface area contributed by atoms with E-state index in [1.807, 2.05) is 0 Å². The number of nitrogens with one attached hydrogen (secondary N) is 2. The van der Waals surface area contributed by atoms with Crippen LogP contribution in [0.2, 0.25) is 0 Å². The number of thioether (sulfide) groups is 1. The number of likely N-dealkylation sites (tertiary alicyclic amines) is 1. The number of amides is 1. The predicted molar refractivity (Wildman–Crippen MR) is 81.0 cm³/mol. The van der Waals surface area contributed by atoms with Crippen molar-refractivity contribution in [3.05, 3.63) is 24.3 Å². The topological polar surface area (TPSA) is 33.5 Å². The summed E-state index contributed by atoms with van der Waals surface area (Å²) < 4.78 is 24.4. The minimum Gasteiger partial charge on any atom is -0.327 e. The summed E-state index contributed by atoms with van der Waals surface area (Å²) in [4.78, 5) is 13.8. The van der Waals surface area contributed by atoms with Gasteiger partial charge in [-0.3, -0.25) is 4.79 Å². The third-order valence-electron chi connectivity index (χ3n) is 3.58. The minimum atomic E-state index is -2.42. The van der Waals surface area contributed by atoms with Crippen molar-refractivity contribution in [1.29, 1.82) is 0 Å². The SMILES string of the molecule is O=C(C[NH+]1CCCCCC1)Nc1ccc(SC(F)F)cc1. The number of hydrogen-bond donors (Lipinski definition) is 2. The van der Waals surface area contributed by atoms with Crippen molar-refractivity contribution in [2.24, 2.45) is 0 Å². The van der Waals surface area contributed by atoms with Crippen LogP contribution in [-0.4, -0.2) is 31.3 Å². The summed E-state index contributed by atoms with van der Waals surface area (Å²) >= 11 is 0.507. The average Bonchev–Trinajstić information content (AvgIpc) is 2.69. The van der Waals surface area contributed by atoms with Gasteiger partial charge in [-0.25, -0.2) is 0 Å². The highest BCUT2D eigenvalue weighted by Crippen LogP contribution is 2.26. The van der Waals surface area contributed by atoms with Gasteiger partial charge in [0.1, 0.15) is 0 Å². The van der Waals surface area contributed by atoms with E-state index >= 15 is 0 Å². The molecule has 0 radical (unpaired) electrons. The predicted octanol–water partition coefficient (Wildman–Crippen LogP) is 2.40. The molecule has 1 heterocycles. The Balaban J connectivity index is 1.81. The third kappa shape index (κ3) is 6.01. The molecule has 0 atom stereocenters. The van der Waals surface area contributed by atoms with Gasteiger partial charge in [-0.2, -0.15) is 8.78 Å². The molecule has 0 unspecified atom stereocenters. The van der Waals surface area contributed by atoms with Gasteiger partial charge in [0.15, 0.2) is 6.54 Å². The fourth-order valence-corrected chi connectivity index (χ4v) is 3.06. The van der Waals surface area contributed by atoms with E-state index in [4.69, 9.17) is 0 Å². The molecule has 6 heteroatoms. The Morgan fingerprint density at radius 1 is 1.14 bits per heavy atom. The first-order valence-electron chi connectivity index (χ1n) is 7.32. The van der Waals surface area contributed by atoms with Crippen molar-refractivity contribution in [1.82, 2.24) is 0 Å². The smallest absolute Gasteiger partial charge is 0.288 e. The van der Waals surface area contributed by atoms with Gasteiger partial charge >= 0.3 is 0 Å². The lowest BCUT2D eigenvalue weighted by Gasteiger charge is -2.16. The number of quaternary nitrogens is 1. The van der Waals surface area contributed by atoms with Crippen molar-refractivity contribution in [3.8, 4) is 0 Å². The molecule has 1 amide bonds. The molecule has 0 aliphatic carbocycles. The van der Waals surface area contributed by atoms with Crippen molar-refractivity contribution in [3.63, 3.8) is 0 Å². The number of alkyl halides is 2. The maximum atomic E-state index is 12.2. The van der Waals surface area contributed by atoms with Crippen LogP contribution in [0.4, 0.5) is 14.5 Å². The monoisotopic (exact) mass is 315 g/mol. The van der Waals surface area contributed by atoms with E-state index in [0.29, 0.717) is 28.9 Å². The molecule has 21 heavy (non-hydrogen) atoms. The molecule has 1 fully saturated rings. The lowest BCUT2D eigenvalue weighted by molar-refractivity contribution is -0.890. The Morgan fingerprint density at radius 3 is 2.33 bits per heavy atom. The lowest BCUT2D eigenvalue weighted by atomic mass is 10.2. The zero-order valence-electron chi connectivity index (χ0n) is 11.9. The van der Waals surface area contributed by atoms with Gasteiger partial charge in [-0.05, 0) is 49.9 Å². The number of anilines is 1. The molecular weight excluding hydrogens is 294 g/mol. The van der Waals surface area contributed by atoms with Crippen molar-refractivity contribution >= 4 is 23.4 Å². The van der Waals surface area contributed by atoms with Crippen molar-refractivity contribution in [2.45, 2.75) is 36.3 Å².